The molecule has 0 aromatic carbocycles. The highest BCUT2D eigenvalue weighted by Crippen LogP contribution is 2.13. The summed E-state index contributed by atoms with van der Waals surface area (Å²) in [4.78, 5) is 13.6. The number of sulfonamides is 1. The van der Waals surface area contributed by atoms with Gasteiger partial charge in [-0.3, -0.25) is 4.79 Å². The number of hydrogen-bond donors (Lipinski definition) is 2. The van der Waals surface area contributed by atoms with Crippen molar-refractivity contribution in [2.75, 3.05) is 25.9 Å². The molecule has 0 bridgehead atoms. The third-order valence-electron chi connectivity index (χ3n) is 2.89. The van der Waals surface area contributed by atoms with Crippen LogP contribution in [0.4, 0.5) is 0 Å². The molecule has 0 radical (unpaired) electrons. The molecule has 17 heavy (non-hydrogen) atoms. The predicted octanol–water partition coefficient (Wildman–Crippen LogP) is -0.879. The molecule has 1 aliphatic rings. The topological polar surface area (TPSA) is 92.5 Å². The van der Waals surface area contributed by atoms with Crippen molar-refractivity contribution in [3.63, 3.8) is 0 Å². The number of nitrogens with one attached hydrogen (secondary N) is 1. The fraction of sp³-hybridized carbons (Fsp3) is 0.900. The highest BCUT2D eigenvalue weighted by molar-refractivity contribution is 7.88. The van der Waals surface area contributed by atoms with E-state index in [-0.39, 0.29) is 17.9 Å². The molecule has 100 valence electrons. The van der Waals surface area contributed by atoms with Gasteiger partial charge in [-0.2, -0.15) is 0 Å². The fourth-order valence-electron chi connectivity index (χ4n) is 1.99. The summed E-state index contributed by atoms with van der Waals surface area (Å²) in [6.07, 6.45) is 2.72. The van der Waals surface area contributed by atoms with Crippen LogP contribution in [-0.2, 0) is 14.8 Å². The number of piperidine rings is 1. The van der Waals surface area contributed by atoms with Gasteiger partial charge in [0, 0.05) is 31.6 Å². The van der Waals surface area contributed by atoms with E-state index in [1.165, 1.54) is 0 Å². The van der Waals surface area contributed by atoms with Crippen molar-refractivity contribution in [1.29, 1.82) is 0 Å². The highest BCUT2D eigenvalue weighted by Gasteiger charge is 2.27. The molecule has 0 aliphatic carbocycles. The summed E-state index contributed by atoms with van der Waals surface area (Å²) in [5.41, 5.74) is 5.46. The lowest BCUT2D eigenvalue weighted by Gasteiger charge is -2.34. The van der Waals surface area contributed by atoms with Crippen LogP contribution < -0.4 is 10.5 Å². The average Bonchev–Trinajstić information content (AvgIpc) is 2.25. The standard InChI is InChI=1S/C10H21N3O3S/c1-8(6-11)10(14)13-5-3-4-9(7-13)12-17(2,15)16/h8-9,12H,3-7,11H2,1-2H3. The second-order valence-electron chi connectivity index (χ2n) is 4.65. The molecule has 0 spiro atoms. The van der Waals surface area contributed by atoms with Gasteiger partial charge in [-0.1, -0.05) is 6.92 Å². The van der Waals surface area contributed by atoms with E-state index in [2.05, 4.69) is 4.72 Å². The molecule has 1 amide bonds. The van der Waals surface area contributed by atoms with Crippen molar-refractivity contribution >= 4 is 15.9 Å². The first-order valence-electron chi connectivity index (χ1n) is 5.79. The van der Waals surface area contributed by atoms with Gasteiger partial charge in [-0.25, -0.2) is 13.1 Å². The van der Waals surface area contributed by atoms with Gasteiger partial charge in [0.15, 0.2) is 0 Å². The maximum Gasteiger partial charge on any atom is 0.226 e. The second kappa shape index (κ2) is 5.79. The average molecular weight is 263 g/mol. The number of hydrogen-bond acceptors (Lipinski definition) is 4. The lowest BCUT2D eigenvalue weighted by molar-refractivity contribution is -0.135. The van der Waals surface area contributed by atoms with Crippen LogP contribution in [0.1, 0.15) is 19.8 Å². The molecule has 1 heterocycles. The van der Waals surface area contributed by atoms with E-state index in [0.29, 0.717) is 19.6 Å². The normalized spacial score (nSPS) is 23.5. The van der Waals surface area contributed by atoms with Crippen LogP contribution in [0.2, 0.25) is 0 Å². The quantitative estimate of drug-likeness (QED) is 0.689. The van der Waals surface area contributed by atoms with Crippen molar-refractivity contribution in [3.8, 4) is 0 Å². The van der Waals surface area contributed by atoms with Gasteiger partial charge < -0.3 is 10.6 Å². The maximum absolute atomic E-state index is 11.9. The first-order chi connectivity index (χ1) is 7.83. The summed E-state index contributed by atoms with van der Waals surface area (Å²) in [6, 6.07) is -0.173. The van der Waals surface area contributed by atoms with Crippen molar-refractivity contribution < 1.29 is 13.2 Å². The van der Waals surface area contributed by atoms with E-state index in [1.807, 2.05) is 0 Å². The number of rotatable bonds is 4. The second-order valence-corrected chi connectivity index (χ2v) is 6.43. The van der Waals surface area contributed by atoms with Gasteiger partial charge in [-0.05, 0) is 12.8 Å². The Hall–Kier alpha value is -0.660. The van der Waals surface area contributed by atoms with Crippen molar-refractivity contribution in [3.05, 3.63) is 0 Å². The monoisotopic (exact) mass is 263 g/mol. The molecule has 0 aromatic heterocycles. The number of amides is 1. The van der Waals surface area contributed by atoms with Gasteiger partial charge in [-0.15, -0.1) is 0 Å². The first kappa shape index (κ1) is 14.4. The molecule has 1 rings (SSSR count). The van der Waals surface area contributed by atoms with Crippen molar-refractivity contribution in [1.82, 2.24) is 9.62 Å². The molecule has 0 aromatic rings. The highest BCUT2D eigenvalue weighted by atomic mass is 32.2. The molecule has 0 saturated carbocycles. The minimum atomic E-state index is -3.21. The van der Waals surface area contributed by atoms with E-state index in [0.717, 1.165) is 19.1 Å². The van der Waals surface area contributed by atoms with Gasteiger partial charge in [0.25, 0.3) is 0 Å². The Balaban J connectivity index is 2.57. The van der Waals surface area contributed by atoms with E-state index < -0.39 is 10.0 Å². The Kier molecular flexibility index (Phi) is 4.91. The number of carbonyl (C=O) groups is 1. The zero-order chi connectivity index (χ0) is 13.1. The lowest BCUT2D eigenvalue weighted by atomic mass is 10.0. The predicted molar refractivity (Wildman–Crippen MR) is 65.8 cm³/mol. The van der Waals surface area contributed by atoms with Crippen LogP contribution in [0, 0.1) is 5.92 Å². The van der Waals surface area contributed by atoms with Gasteiger partial charge in [0.2, 0.25) is 15.9 Å². The van der Waals surface area contributed by atoms with E-state index >= 15 is 0 Å². The number of likely N-dealkylation sites (tertiary alicyclic amines) is 1. The Bertz CT molecular complexity index is 369. The Morgan fingerprint density at radius 3 is 2.76 bits per heavy atom. The maximum atomic E-state index is 11.9. The van der Waals surface area contributed by atoms with E-state index in [9.17, 15) is 13.2 Å². The SMILES string of the molecule is CC(CN)C(=O)N1CCCC(NS(C)(=O)=O)C1. The largest absolute Gasteiger partial charge is 0.341 e. The summed E-state index contributed by atoms with van der Waals surface area (Å²) < 4.78 is 24.8. The van der Waals surface area contributed by atoms with Crippen LogP contribution >= 0.6 is 0 Å². The van der Waals surface area contributed by atoms with E-state index in [1.54, 1.807) is 11.8 Å². The summed E-state index contributed by atoms with van der Waals surface area (Å²) in [5.74, 6) is -0.195. The van der Waals surface area contributed by atoms with Crippen LogP contribution in [0.15, 0.2) is 0 Å². The summed E-state index contributed by atoms with van der Waals surface area (Å²) in [6.45, 7) is 3.23. The van der Waals surface area contributed by atoms with Gasteiger partial charge >= 0.3 is 0 Å². The van der Waals surface area contributed by atoms with Crippen LogP contribution in [0.3, 0.4) is 0 Å². The number of nitrogens with zero attached hydrogens (tertiary/aromatic N) is 1. The molecule has 3 N–H and O–H groups in total. The lowest BCUT2D eigenvalue weighted by Crippen LogP contribution is -2.51. The number of carbonyl (C=O) groups excluding carboxylic acids is 1. The molecule has 1 saturated heterocycles. The van der Waals surface area contributed by atoms with E-state index in [4.69, 9.17) is 5.73 Å². The molecule has 6 nitrogen and oxygen atoms in total. The smallest absolute Gasteiger partial charge is 0.226 e. The minimum absolute atomic E-state index is 0.00695. The zero-order valence-electron chi connectivity index (χ0n) is 10.3. The Morgan fingerprint density at radius 1 is 1.59 bits per heavy atom. The summed E-state index contributed by atoms with van der Waals surface area (Å²) in [5, 5.41) is 0. The summed E-state index contributed by atoms with van der Waals surface area (Å²) in [7, 11) is -3.21. The Labute approximate surface area is 103 Å². The molecular formula is C10H21N3O3S. The molecule has 7 heteroatoms. The van der Waals surface area contributed by atoms with Gasteiger partial charge in [0.1, 0.15) is 0 Å². The van der Waals surface area contributed by atoms with Crippen molar-refractivity contribution in [2.45, 2.75) is 25.8 Å². The molecular weight excluding hydrogens is 242 g/mol. The molecule has 1 aliphatic heterocycles. The number of nitrogens with two attached hydrogens (primary N) is 1. The van der Waals surface area contributed by atoms with Crippen LogP contribution in [0.5, 0.6) is 0 Å². The first-order valence-corrected chi connectivity index (χ1v) is 7.68. The zero-order valence-corrected chi connectivity index (χ0v) is 11.2. The fourth-order valence-corrected chi connectivity index (χ4v) is 2.79. The Morgan fingerprint density at radius 2 is 2.24 bits per heavy atom. The van der Waals surface area contributed by atoms with Gasteiger partial charge in [0.05, 0.1) is 6.26 Å². The van der Waals surface area contributed by atoms with Crippen LogP contribution in [0.25, 0.3) is 0 Å². The van der Waals surface area contributed by atoms with Crippen LogP contribution in [-0.4, -0.2) is 51.2 Å². The molecule has 2 atom stereocenters. The molecule has 1 fully saturated rings. The van der Waals surface area contributed by atoms with Crippen molar-refractivity contribution in [2.24, 2.45) is 11.7 Å². The summed E-state index contributed by atoms with van der Waals surface area (Å²) >= 11 is 0. The minimum Gasteiger partial charge on any atom is -0.341 e. The third-order valence-corrected chi connectivity index (χ3v) is 3.65. The third kappa shape index (κ3) is 4.61. The molecule has 2 unspecified atom stereocenters.